The fourth-order valence-corrected chi connectivity index (χ4v) is 7.59. The van der Waals surface area contributed by atoms with E-state index >= 15 is 0 Å². The number of aryl methyl sites for hydroxylation is 1. The molecule has 4 aromatic rings. The van der Waals surface area contributed by atoms with Gasteiger partial charge in [-0.1, -0.05) is 0 Å². The number of amides is 2. The van der Waals surface area contributed by atoms with Gasteiger partial charge >= 0.3 is 0 Å². The molecular formula is C35H40IN5O7S. The topological polar surface area (TPSA) is 150 Å². The molecule has 0 unspecified atom stereocenters. The Labute approximate surface area is 300 Å². The van der Waals surface area contributed by atoms with Gasteiger partial charge in [-0.3, -0.25) is 14.6 Å². The van der Waals surface area contributed by atoms with Crippen LogP contribution < -0.4 is 20.1 Å². The third-order valence-corrected chi connectivity index (χ3v) is 10.9. The highest BCUT2D eigenvalue weighted by Crippen LogP contribution is 2.28. The number of piperidine rings is 1. The highest BCUT2D eigenvalue weighted by atomic mass is 127. The van der Waals surface area contributed by atoms with Gasteiger partial charge in [0.1, 0.15) is 11.5 Å². The molecule has 2 amide bonds. The number of ether oxygens (including phenoxy) is 2. The number of nitrogens with one attached hydrogen (secondary N) is 2. The number of sulfonamides is 1. The molecule has 3 aromatic carbocycles. The second-order valence-corrected chi connectivity index (χ2v) is 14.9. The average molecular weight is 802 g/mol. The highest BCUT2D eigenvalue weighted by molar-refractivity contribution is 14.1. The number of rotatable bonds is 13. The van der Waals surface area contributed by atoms with E-state index in [1.54, 1.807) is 35.2 Å². The highest BCUT2D eigenvalue weighted by Gasteiger charge is 2.26. The van der Waals surface area contributed by atoms with Crippen molar-refractivity contribution in [3.63, 3.8) is 0 Å². The lowest BCUT2D eigenvalue weighted by Gasteiger charge is -2.29. The third-order valence-electron chi connectivity index (χ3n) is 8.34. The fraction of sp³-hybridized carbons (Fsp3) is 0.343. The minimum absolute atomic E-state index is 0.0820. The number of methoxy groups -OCH3 is 2. The van der Waals surface area contributed by atoms with Gasteiger partial charge in [-0.25, -0.2) is 8.42 Å². The zero-order valence-electron chi connectivity index (χ0n) is 27.6. The van der Waals surface area contributed by atoms with Crippen molar-refractivity contribution in [2.24, 2.45) is 0 Å². The van der Waals surface area contributed by atoms with E-state index in [9.17, 15) is 23.1 Å². The van der Waals surface area contributed by atoms with Crippen molar-refractivity contribution in [1.29, 1.82) is 0 Å². The van der Waals surface area contributed by atoms with E-state index in [2.05, 4.69) is 38.2 Å². The van der Waals surface area contributed by atoms with Gasteiger partial charge in [-0.2, -0.15) is 4.31 Å². The monoisotopic (exact) mass is 801 g/mol. The van der Waals surface area contributed by atoms with E-state index in [1.807, 2.05) is 31.2 Å². The number of carbonyl (C=O) groups is 2. The first-order valence-electron chi connectivity index (χ1n) is 15.9. The molecule has 0 atom stereocenters. The maximum Gasteiger partial charge on any atom is 0.253 e. The number of pyridine rings is 1. The minimum Gasteiger partial charge on any atom is -0.497 e. The number of halogens is 1. The van der Waals surface area contributed by atoms with E-state index in [4.69, 9.17) is 9.47 Å². The Balaban J connectivity index is 1.29. The molecule has 0 radical (unpaired) electrons. The van der Waals surface area contributed by atoms with Crippen LogP contribution in [0.3, 0.4) is 0 Å². The number of benzene rings is 3. The van der Waals surface area contributed by atoms with Crippen molar-refractivity contribution in [3.8, 4) is 11.5 Å². The summed E-state index contributed by atoms with van der Waals surface area (Å²) in [7, 11) is -1.03. The lowest BCUT2D eigenvalue weighted by Crippen LogP contribution is -2.40. The van der Waals surface area contributed by atoms with Crippen molar-refractivity contribution in [2.45, 2.75) is 37.2 Å². The second kappa shape index (κ2) is 16.1. The first-order chi connectivity index (χ1) is 23.5. The summed E-state index contributed by atoms with van der Waals surface area (Å²) < 4.78 is 40.7. The Hall–Kier alpha value is -3.99. The van der Waals surface area contributed by atoms with Gasteiger partial charge in [0, 0.05) is 65.0 Å². The lowest BCUT2D eigenvalue weighted by molar-refractivity contribution is -0.116. The third kappa shape index (κ3) is 8.98. The van der Waals surface area contributed by atoms with E-state index in [0.717, 1.165) is 25.9 Å². The molecule has 2 heterocycles. The maximum atomic E-state index is 13.9. The zero-order valence-corrected chi connectivity index (χ0v) is 30.6. The second-order valence-electron chi connectivity index (χ2n) is 11.7. The Morgan fingerprint density at radius 2 is 1.71 bits per heavy atom. The first-order valence-corrected chi connectivity index (χ1v) is 18.4. The summed E-state index contributed by atoms with van der Waals surface area (Å²) in [6, 6.07) is 18.8. The molecule has 3 N–H and O–H groups in total. The molecule has 14 heteroatoms. The molecule has 1 saturated heterocycles. The summed E-state index contributed by atoms with van der Waals surface area (Å²) in [5.74, 6) is 0.228. The molecule has 0 bridgehead atoms. The molecule has 0 aliphatic carbocycles. The van der Waals surface area contributed by atoms with E-state index in [0.29, 0.717) is 48.7 Å². The van der Waals surface area contributed by atoms with Gasteiger partial charge < -0.3 is 30.1 Å². The number of aliphatic hydroxyl groups excluding tert-OH is 1. The molecule has 1 fully saturated rings. The fourth-order valence-electron chi connectivity index (χ4n) is 5.66. The molecule has 1 aliphatic heterocycles. The molecule has 5 rings (SSSR count). The van der Waals surface area contributed by atoms with Crippen LogP contribution in [0.4, 0.5) is 11.4 Å². The van der Waals surface area contributed by atoms with Crippen LogP contribution in [-0.4, -0.2) is 92.6 Å². The number of aromatic nitrogens is 1. The van der Waals surface area contributed by atoms with Crippen molar-refractivity contribution in [2.75, 3.05) is 57.6 Å². The predicted octanol–water partition coefficient (Wildman–Crippen LogP) is 4.89. The summed E-state index contributed by atoms with van der Waals surface area (Å²) in [6.07, 6.45) is 0.519. The van der Waals surface area contributed by atoms with Crippen molar-refractivity contribution in [1.82, 2.24) is 14.2 Å². The largest absolute Gasteiger partial charge is 0.497 e. The summed E-state index contributed by atoms with van der Waals surface area (Å²) in [5.41, 5.74) is 3.27. The number of nitrogens with zero attached hydrogens (tertiary/aromatic N) is 3. The number of hydrogen-bond acceptors (Lipinski definition) is 9. The molecule has 1 aliphatic rings. The summed E-state index contributed by atoms with van der Waals surface area (Å²) in [4.78, 5) is 32.6. The molecule has 260 valence electrons. The van der Waals surface area contributed by atoms with Crippen molar-refractivity contribution >= 4 is 66.7 Å². The predicted molar refractivity (Wildman–Crippen MR) is 197 cm³/mol. The van der Waals surface area contributed by atoms with Crippen molar-refractivity contribution < 1.29 is 32.6 Å². The molecule has 12 nitrogen and oxygen atoms in total. The van der Waals surface area contributed by atoms with Crippen LogP contribution in [0.25, 0.3) is 10.9 Å². The van der Waals surface area contributed by atoms with E-state index in [-0.39, 0.29) is 36.9 Å². The Morgan fingerprint density at radius 3 is 2.41 bits per heavy atom. The van der Waals surface area contributed by atoms with E-state index in [1.165, 1.54) is 30.7 Å². The van der Waals surface area contributed by atoms with Crippen LogP contribution in [0.2, 0.25) is 0 Å². The standard InChI is InChI=1S/C35H40IN5O7S/c1-23-20-32(29-22-25(36)5-11-30(29)38-23)37-15-19-41(49(45,46)28-8-6-27(47-2)7-9-28)18-14-34(43)39-31-10-4-24(21-33(31)48-3)35(44)40-16-12-26(42)13-17-40/h4-11,20-22,26,42H,12-19H2,1-3H3,(H,37,38)(H,39,43). The summed E-state index contributed by atoms with van der Waals surface area (Å²) in [6.45, 7) is 3.11. The summed E-state index contributed by atoms with van der Waals surface area (Å²) in [5, 5.41) is 16.9. The van der Waals surface area contributed by atoms with Crippen LogP contribution in [0.5, 0.6) is 11.5 Å². The Kier molecular flexibility index (Phi) is 12.0. The Bertz CT molecular complexity index is 1920. The van der Waals surface area contributed by atoms with Crippen molar-refractivity contribution in [3.05, 3.63) is 81.6 Å². The van der Waals surface area contributed by atoms with Crippen LogP contribution >= 0.6 is 22.6 Å². The van der Waals surface area contributed by atoms with E-state index < -0.39 is 22.0 Å². The number of carbonyl (C=O) groups excluding carboxylic acids is 2. The molecule has 1 aromatic heterocycles. The normalized spacial score (nSPS) is 13.8. The van der Waals surface area contributed by atoms with Crippen LogP contribution in [0.1, 0.15) is 35.3 Å². The molecule has 0 spiro atoms. The van der Waals surface area contributed by atoms with Gasteiger partial charge in [-0.05, 0) is 109 Å². The molecular weight excluding hydrogens is 761 g/mol. The van der Waals surface area contributed by atoms with Gasteiger partial charge in [0.05, 0.1) is 36.4 Å². The van der Waals surface area contributed by atoms with Gasteiger partial charge in [-0.15, -0.1) is 0 Å². The number of fused-ring (bicyclic) bond motifs is 1. The van der Waals surface area contributed by atoms with Crippen LogP contribution in [-0.2, 0) is 14.8 Å². The minimum atomic E-state index is -3.99. The first kappa shape index (κ1) is 36.3. The van der Waals surface area contributed by atoms with Crippen LogP contribution in [0.15, 0.2) is 71.6 Å². The summed E-state index contributed by atoms with van der Waals surface area (Å²) >= 11 is 2.24. The molecule has 0 saturated carbocycles. The van der Waals surface area contributed by atoms with Gasteiger partial charge in [0.15, 0.2) is 0 Å². The maximum absolute atomic E-state index is 13.9. The number of aliphatic hydroxyl groups is 1. The molecule has 49 heavy (non-hydrogen) atoms. The average Bonchev–Trinajstić information content (AvgIpc) is 3.10. The lowest BCUT2D eigenvalue weighted by atomic mass is 10.1. The smallest absolute Gasteiger partial charge is 0.253 e. The van der Waals surface area contributed by atoms with Crippen LogP contribution in [0, 0.1) is 10.5 Å². The number of hydrogen-bond donors (Lipinski definition) is 3. The zero-order chi connectivity index (χ0) is 35.1. The quantitative estimate of drug-likeness (QED) is 0.161. The SMILES string of the molecule is COc1ccc(S(=O)(=O)N(CCNc2cc(C)nc3ccc(I)cc23)CCC(=O)Nc2ccc(C(=O)N3CCC(O)CC3)cc2OC)cc1. The Morgan fingerprint density at radius 1 is 0.980 bits per heavy atom. The number of likely N-dealkylation sites (tertiary alicyclic amines) is 1. The van der Waals surface area contributed by atoms with Gasteiger partial charge in [0.2, 0.25) is 15.9 Å². The van der Waals surface area contributed by atoms with Gasteiger partial charge in [0.25, 0.3) is 5.91 Å². The number of anilines is 2.